The van der Waals surface area contributed by atoms with Crippen molar-refractivity contribution in [2.24, 2.45) is 0 Å². The van der Waals surface area contributed by atoms with Crippen LogP contribution in [0.4, 0.5) is 0 Å². The molecule has 0 saturated heterocycles. The van der Waals surface area contributed by atoms with Crippen molar-refractivity contribution in [3.05, 3.63) is 0 Å². The van der Waals surface area contributed by atoms with Gasteiger partial charge in [-0.05, 0) is 57.8 Å². The van der Waals surface area contributed by atoms with Gasteiger partial charge >= 0.3 is 17.9 Å². The number of hydrogen-bond donors (Lipinski definition) is 3. The smallest absolute Gasteiger partial charge is 0.305 e. The Morgan fingerprint density at radius 3 is 0.787 bits per heavy atom. The summed E-state index contributed by atoms with van der Waals surface area (Å²) in [5.41, 5.74) is 0. The summed E-state index contributed by atoms with van der Waals surface area (Å²) in [7, 11) is 0. The molecule has 0 saturated carbocycles. The summed E-state index contributed by atoms with van der Waals surface area (Å²) in [4.78, 5) is 37.1. The number of esters is 3. The van der Waals surface area contributed by atoms with Crippen LogP contribution in [0.3, 0.4) is 0 Å². The average molecular weight is 1070 g/mol. The van der Waals surface area contributed by atoms with Gasteiger partial charge in [0.1, 0.15) is 25.9 Å². The van der Waals surface area contributed by atoms with Gasteiger partial charge in [0, 0.05) is 19.3 Å². The molecule has 3 unspecified atom stereocenters. The Bertz CT molecular complexity index is 1130. The molecule has 0 aromatic rings. The highest BCUT2D eigenvalue weighted by molar-refractivity contribution is 5.69. The van der Waals surface area contributed by atoms with E-state index in [1.54, 1.807) is 0 Å². The predicted molar refractivity (Wildman–Crippen MR) is 307 cm³/mol. The van der Waals surface area contributed by atoms with Gasteiger partial charge in [-0.1, -0.05) is 233 Å². The summed E-state index contributed by atoms with van der Waals surface area (Å²) in [5, 5.41) is 30.5. The molecule has 12 heteroatoms. The Morgan fingerprint density at radius 1 is 0.293 bits per heavy atom. The Balaban J connectivity index is 4.32. The molecular formula is C63H122O12. The first-order valence-corrected chi connectivity index (χ1v) is 32.0. The molecule has 0 aliphatic rings. The van der Waals surface area contributed by atoms with Crippen molar-refractivity contribution in [3.63, 3.8) is 0 Å². The molecular weight excluding hydrogens is 949 g/mol. The number of aliphatic hydroxyl groups is 3. The Labute approximate surface area is 461 Å². The van der Waals surface area contributed by atoms with Crippen LogP contribution in [-0.4, -0.2) is 110 Å². The van der Waals surface area contributed by atoms with E-state index in [0.717, 1.165) is 135 Å². The maximum atomic E-state index is 12.4. The van der Waals surface area contributed by atoms with E-state index in [1.807, 2.05) is 0 Å². The van der Waals surface area contributed by atoms with Gasteiger partial charge in [-0.15, -0.1) is 0 Å². The van der Waals surface area contributed by atoms with E-state index in [-0.39, 0.29) is 89.1 Å². The summed E-state index contributed by atoms with van der Waals surface area (Å²) in [5.74, 6) is -0.653. The van der Waals surface area contributed by atoms with Crippen molar-refractivity contribution in [2.75, 3.05) is 52.9 Å². The number of carbonyl (C=O) groups excluding carboxylic acids is 3. The lowest BCUT2D eigenvalue weighted by atomic mass is 10.0. The molecule has 0 rings (SSSR count). The molecule has 12 nitrogen and oxygen atoms in total. The Morgan fingerprint density at radius 2 is 0.520 bits per heavy atom. The second-order valence-corrected chi connectivity index (χ2v) is 21.9. The summed E-state index contributed by atoms with van der Waals surface area (Å²) in [6.45, 7) is 8.12. The summed E-state index contributed by atoms with van der Waals surface area (Å²) in [6.07, 6.45) is 46.9. The molecule has 0 aromatic heterocycles. The SMILES string of the molecule is CCCCCCC(O)CCCCCCCCCCC(=O)OCCOCC(COCCOC(=O)CCCCCCCCCCC(O)CCCCCC)OCCOC(=O)CCCCCCCCCCC(O)CCCCCC. The Hall–Kier alpha value is -1.83. The maximum absolute atomic E-state index is 12.4. The van der Waals surface area contributed by atoms with Crippen molar-refractivity contribution in [3.8, 4) is 0 Å². The van der Waals surface area contributed by atoms with Gasteiger partial charge in [-0.25, -0.2) is 0 Å². The van der Waals surface area contributed by atoms with Crippen LogP contribution < -0.4 is 0 Å². The van der Waals surface area contributed by atoms with Gasteiger partial charge in [-0.2, -0.15) is 0 Å². The highest BCUT2D eigenvalue weighted by Crippen LogP contribution is 2.18. The lowest BCUT2D eigenvalue weighted by Gasteiger charge is -2.18. The van der Waals surface area contributed by atoms with E-state index in [9.17, 15) is 29.7 Å². The second-order valence-electron chi connectivity index (χ2n) is 21.9. The number of unbranched alkanes of at least 4 members (excludes halogenated alkanes) is 30. The average Bonchev–Trinajstić information content (AvgIpc) is 3.40. The first kappa shape index (κ1) is 73.2. The van der Waals surface area contributed by atoms with Gasteiger partial charge < -0.3 is 43.7 Å². The number of carbonyl (C=O) groups is 3. The molecule has 75 heavy (non-hydrogen) atoms. The van der Waals surface area contributed by atoms with Crippen molar-refractivity contribution in [1.29, 1.82) is 0 Å². The zero-order chi connectivity index (χ0) is 54.8. The molecule has 3 N–H and O–H groups in total. The van der Waals surface area contributed by atoms with Crippen molar-refractivity contribution < 1.29 is 58.1 Å². The van der Waals surface area contributed by atoms with Crippen molar-refractivity contribution in [1.82, 2.24) is 0 Å². The largest absolute Gasteiger partial charge is 0.463 e. The van der Waals surface area contributed by atoms with Crippen LogP contribution in [0.1, 0.15) is 310 Å². The lowest BCUT2D eigenvalue weighted by Crippen LogP contribution is -2.29. The summed E-state index contributed by atoms with van der Waals surface area (Å²) >= 11 is 0. The van der Waals surface area contributed by atoms with Crippen molar-refractivity contribution in [2.45, 2.75) is 334 Å². The van der Waals surface area contributed by atoms with Gasteiger partial charge in [0.25, 0.3) is 0 Å². The van der Waals surface area contributed by atoms with Crippen LogP contribution >= 0.6 is 0 Å². The van der Waals surface area contributed by atoms with E-state index in [1.165, 1.54) is 135 Å². The van der Waals surface area contributed by atoms with Crippen LogP contribution in [0.25, 0.3) is 0 Å². The zero-order valence-corrected chi connectivity index (χ0v) is 49.3. The normalized spacial score (nSPS) is 13.2. The standard InChI is InChI=1S/C63H122O12/c1-4-7-10-31-40-57(64)43-34-25-19-13-16-22-28-37-46-61(67)73-51-49-70-55-60(72-53-54-75-63(69)48-39-30-24-18-15-21-27-36-45-59(66)42-33-12-9-6-3)56-71-50-52-74-62(68)47-38-29-23-17-14-20-26-35-44-58(65)41-32-11-8-5-2/h57-60,64-66H,4-56H2,1-3H3. The monoisotopic (exact) mass is 1070 g/mol. The van der Waals surface area contributed by atoms with E-state index in [2.05, 4.69) is 20.8 Å². The zero-order valence-electron chi connectivity index (χ0n) is 49.3. The topological polar surface area (TPSA) is 167 Å². The minimum Gasteiger partial charge on any atom is -0.463 e. The number of ether oxygens (including phenoxy) is 6. The molecule has 0 heterocycles. The third-order valence-electron chi connectivity index (χ3n) is 14.5. The predicted octanol–water partition coefficient (Wildman–Crippen LogP) is 15.7. The fourth-order valence-electron chi connectivity index (χ4n) is 9.57. The molecule has 0 radical (unpaired) electrons. The third kappa shape index (κ3) is 58.2. The van der Waals surface area contributed by atoms with Crippen LogP contribution in [-0.2, 0) is 42.8 Å². The minimum absolute atomic E-state index is 0.132. The highest BCUT2D eigenvalue weighted by atomic mass is 16.6. The third-order valence-corrected chi connectivity index (χ3v) is 14.5. The quantitative estimate of drug-likeness (QED) is 0.0300. The van der Waals surface area contributed by atoms with E-state index >= 15 is 0 Å². The molecule has 0 aliphatic heterocycles. The van der Waals surface area contributed by atoms with Crippen molar-refractivity contribution >= 4 is 17.9 Å². The fourth-order valence-corrected chi connectivity index (χ4v) is 9.57. The molecule has 446 valence electrons. The van der Waals surface area contributed by atoms with E-state index < -0.39 is 6.10 Å². The number of rotatable bonds is 62. The number of hydrogen-bond acceptors (Lipinski definition) is 12. The minimum atomic E-state index is -0.449. The molecule has 0 amide bonds. The van der Waals surface area contributed by atoms with Crippen LogP contribution in [0.15, 0.2) is 0 Å². The highest BCUT2D eigenvalue weighted by Gasteiger charge is 2.13. The first-order valence-electron chi connectivity index (χ1n) is 32.0. The van der Waals surface area contributed by atoms with E-state index in [0.29, 0.717) is 19.3 Å². The maximum Gasteiger partial charge on any atom is 0.305 e. The fraction of sp³-hybridized carbons (Fsp3) is 0.952. The molecule has 0 fully saturated rings. The number of aliphatic hydroxyl groups excluding tert-OH is 3. The lowest BCUT2D eigenvalue weighted by molar-refractivity contribution is -0.150. The summed E-state index contributed by atoms with van der Waals surface area (Å²) < 4.78 is 33.9. The molecule has 3 atom stereocenters. The van der Waals surface area contributed by atoms with Gasteiger partial charge in [0.15, 0.2) is 0 Å². The summed E-state index contributed by atoms with van der Waals surface area (Å²) in [6, 6.07) is 0. The Kier molecular flexibility index (Phi) is 58.4. The van der Waals surface area contributed by atoms with Crippen LogP contribution in [0.5, 0.6) is 0 Å². The van der Waals surface area contributed by atoms with E-state index in [4.69, 9.17) is 28.4 Å². The second kappa shape index (κ2) is 59.8. The molecule has 0 spiro atoms. The van der Waals surface area contributed by atoms with Crippen LogP contribution in [0.2, 0.25) is 0 Å². The van der Waals surface area contributed by atoms with Gasteiger partial charge in [-0.3, -0.25) is 14.4 Å². The molecule has 0 bridgehead atoms. The van der Waals surface area contributed by atoms with Gasteiger partial charge in [0.2, 0.25) is 0 Å². The first-order chi connectivity index (χ1) is 36.7. The van der Waals surface area contributed by atoms with Crippen LogP contribution in [0, 0.1) is 0 Å². The van der Waals surface area contributed by atoms with Gasteiger partial charge in [0.05, 0.1) is 51.3 Å². The molecule has 0 aliphatic carbocycles. The molecule has 0 aromatic carbocycles.